The highest BCUT2D eigenvalue weighted by Gasteiger charge is 2.18. The summed E-state index contributed by atoms with van der Waals surface area (Å²) < 4.78 is 5.81. The van der Waals surface area contributed by atoms with Gasteiger partial charge in [0.2, 0.25) is 0 Å². The number of nitrogens with two attached hydrogens (primary N) is 1. The number of hydrogen-bond acceptors (Lipinski definition) is 5. The zero-order valence-corrected chi connectivity index (χ0v) is 15.2. The van der Waals surface area contributed by atoms with E-state index in [1.165, 1.54) is 6.20 Å². The van der Waals surface area contributed by atoms with Crippen molar-refractivity contribution in [1.29, 1.82) is 0 Å². The van der Waals surface area contributed by atoms with E-state index in [1.807, 2.05) is 20.8 Å². The van der Waals surface area contributed by atoms with Crippen LogP contribution in [0.1, 0.15) is 19.5 Å². The van der Waals surface area contributed by atoms with Gasteiger partial charge in [0.25, 0.3) is 0 Å². The Morgan fingerprint density at radius 3 is 2.68 bits per heavy atom. The van der Waals surface area contributed by atoms with Crippen molar-refractivity contribution in [1.82, 2.24) is 9.97 Å². The van der Waals surface area contributed by atoms with Gasteiger partial charge in [-0.3, -0.25) is 10.3 Å². The molecule has 8 heteroatoms. The molecule has 0 atom stereocenters. The maximum atomic E-state index is 12.2. The smallest absolute Gasteiger partial charge is 0.325 e. The highest BCUT2D eigenvalue weighted by Crippen LogP contribution is 2.29. The third-order valence-electron chi connectivity index (χ3n) is 3.38. The number of benzene rings is 1. The number of anilines is 2. The zero-order valence-electron chi connectivity index (χ0n) is 14.5. The van der Waals surface area contributed by atoms with E-state index >= 15 is 0 Å². The van der Waals surface area contributed by atoms with Gasteiger partial charge in [0, 0.05) is 17.0 Å². The number of nitrogens with one attached hydrogen (secondary N) is 2. The quantitative estimate of drug-likeness (QED) is 0.729. The van der Waals surface area contributed by atoms with Gasteiger partial charge in [0.1, 0.15) is 5.75 Å². The minimum absolute atomic E-state index is 0.184. The van der Waals surface area contributed by atoms with Crippen LogP contribution in [0.5, 0.6) is 5.75 Å². The summed E-state index contributed by atoms with van der Waals surface area (Å²) in [4.78, 5) is 20.3. The number of urea groups is 1. The number of carbonyl (C=O) groups is 1. The lowest BCUT2D eigenvalue weighted by atomic mass is 9.95. The molecule has 7 nitrogen and oxygen atoms in total. The molecule has 25 heavy (non-hydrogen) atoms. The van der Waals surface area contributed by atoms with Crippen molar-refractivity contribution in [3.8, 4) is 5.75 Å². The lowest BCUT2D eigenvalue weighted by molar-refractivity contribution is 0.188. The van der Waals surface area contributed by atoms with E-state index in [4.69, 9.17) is 22.1 Å². The van der Waals surface area contributed by atoms with Crippen molar-refractivity contribution in [2.45, 2.75) is 20.8 Å². The number of rotatable bonds is 6. The monoisotopic (exact) mass is 363 g/mol. The Balaban J connectivity index is 2.08. The highest BCUT2D eigenvalue weighted by molar-refractivity contribution is 6.31. The SMILES string of the molecule is Cc1cnc(NC(=O)Nc2cc(Cl)ccc2OCC(C)(C)CN)cn1. The number of aromatic nitrogens is 2. The van der Waals surface area contributed by atoms with Crippen LogP contribution >= 0.6 is 11.6 Å². The highest BCUT2D eigenvalue weighted by atomic mass is 35.5. The van der Waals surface area contributed by atoms with Crippen LogP contribution in [-0.2, 0) is 0 Å². The number of ether oxygens (including phenoxy) is 1. The number of carbonyl (C=O) groups excluding carboxylic acids is 1. The van der Waals surface area contributed by atoms with E-state index in [0.29, 0.717) is 35.4 Å². The van der Waals surface area contributed by atoms with Crippen molar-refractivity contribution < 1.29 is 9.53 Å². The van der Waals surface area contributed by atoms with Crippen molar-refractivity contribution >= 4 is 29.1 Å². The van der Waals surface area contributed by atoms with Crippen LogP contribution in [0.25, 0.3) is 0 Å². The standard InChI is InChI=1S/C17H22ClN5O2/c1-11-7-21-15(8-20-11)23-16(24)22-13-6-12(18)4-5-14(13)25-10-17(2,3)9-19/h4-8H,9-10,19H2,1-3H3,(H2,21,22,23,24). The molecule has 134 valence electrons. The second-order valence-electron chi connectivity index (χ2n) is 6.42. The zero-order chi connectivity index (χ0) is 18.4. The summed E-state index contributed by atoms with van der Waals surface area (Å²) in [5.74, 6) is 0.855. The van der Waals surface area contributed by atoms with Crippen molar-refractivity contribution in [3.05, 3.63) is 41.3 Å². The van der Waals surface area contributed by atoms with E-state index in [9.17, 15) is 4.79 Å². The minimum Gasteiger partial charge on any atom is -0.491 e. The molecule has 0 radical (unpaired) electrons. The molecule has 2 amide bonds. The molecule has 2 aromatic rings. The molecule has 0 fully saturated rings. The minimum atomic E-state index is -0.469. The van der Waals surface area contributed by atoms with E-state index in [1.54, 1.807) is 24.4 Å². The van der Waals surface area contributed by atoms with Gasteiger partial charge in [-0.25, -0.2) is 9.78 Å². The molecular weight excluding hydrogens is 342 g/mol. The third-order valence-corrected chi connectivity index (χ3v) is 3.62. The molecule has 1 heterocycles. The summed E-state index contributed by atoms with van der Waals surface area (Å²) in [6, 6.07) is 4.55. The molecule has 0 aliphatic heterocycles. The summed E-state index contributed by atoms with van der Waals surface area (Å²) in [6.07, 6.45) is 3.05. The molecule has 0 saturated carbocycles. The van der Waals surface area contributed by atoms with Gasteiger partial charge in [0.15, 0.2) is 5.82 Å². The molecule has 4 N–H and O–H groups in total. The number of hydrogen-bond donors (Lipinski definition) is 3. The van der Waals surface area contributed by atoms with Crippen LogP contribution in [0, 0.1) is 12.3 Å². The van der Waals surface area contributed by atoms with Crippen LogP contribution in [0.3, 0.4) is 0 Å². The largest absolute Gasteiger partial charge is 0.491 e. The van der Waals surface area contributed by atoms with Gasteiger partial charge in [-0.15, -0.1) is 0 Å². The Kier molecular flexibility index (Phi) is 6.17. The molecule has 0 bridgehead atoms. The van der Waals surface area contributed by atoms with Crippen molar-refractivity contribution in [2.24, 2.45) is 11.1 Å². The summed E-state index contributed by atoms with van der Waals surface area (Å²) >= 11 is 6.03. The van der Waals surface area contributed by atoms with Crippen LogP contribution in [-0.4, -0.2) is 29.2 Å². The topological polar surface area (TPSA) is 102 Å². The van der Waals surface area contributed by atoms with Gasteiger partial charge in [-0.2, -0.15) is 0 Å². The third kappa shape index (κ3) is 5.88. The number of halogens is 1. The van der Waals surface area contributed by atoms with Crippen LogP contribution in [0.4, 0.5) is 16.3 Å². The number of nitrogens with zero attached hydrogens (tertiary/aromatic N) is 2. The summed E-state index contributed by atoms with van der Waals surface area (Å²) in [5.41, 5.74) is 6.75. The Morgan fingerprint density at radius 2 is 2.04 bits per heavy atom. The Bertz CT molecular complexity index is 734. The van der Waals surface area contributed by atoms with Crippen LogP contribution < -0.4 is 21.1 Å². The van der Waals surface area contributed by atoms with Crippen LogP contribution in [0.15, 0.2) is 30.6 Å². The molecule has 0 unspecified atom stereocenters. The first-order valence-corrected chi connectivity index (χ1v) is 8.16. The average molecular weight is 364 g/mol. The first-order chi connectivity index (χ1) is 11.8. The predicted octanol–water partition coefficient (Wildman–Crippen LogP) is 3.45. The second kappa shape index (κ2) is 8.13. The average Bonchev–Trinajstić information content (AvgIpc) is 2.56. The maximum absolute atomic E-state index is 12.2. The normalized spacial score (nSPS) is 11.1. The lowest BCUT2D eigenvalue weighted by Gasteiger charge is -2.23. The van der Waals surface area contributed by atoms with E-state index < -0.39 is 6.03 Å². The molecule has 0 aliphatic carbocycles. The second-order valence-corrected chi connectivity index (χ2v) is 6.86. The van der Waals surface area contributed by atoms with E-state index in [-0.39, 0.29) is 5.41 Å². The molecule has 0 saturated heterocycles. The molecule has 1 aromatic heterocycles. The van der Waals surface area contributed by atoms with E-state index in [0.717, 1.165) is 5.69 Å². The fraction of sp³-hybridized carbons (Fsp3) is 0.353. The van der Waals surface area contributed by atoms with Gasteiger partial charge < -0.3 is 15.8 Å². The van der Waals surface area contributed by atoms with Gasteiger partial charge in [-0.1, -0.05) is 25.4 Å². The number of amides is 2. The Labute approximate surface area is 152 Å². The molecule has 0 aliphatic rings. The van der Waals surface area contributed by atoms with Gasteiger partial charge >= 0.3 is 6.03 Å². The summed E-state index contributed by atoms with van der Waals surface area (Å²) in [5, 5.41) is 5.80. The van der Waals surface area contributed by atoms with Crippen molar-refractivity contribution in [3.63, 3.8) is 0 Å². The molecule has 2 rings (SSSR count). The van der Waals surface area contributed by atoms with Gasteiger partial charge in [-0.05, 0) is 25.1 Å². The van der Waals surface area contributed by atoms with E-state index in [2.05, 4.69) is 20.6 Å². The van der Waals surface area contributed by atoms with Crippen LogP contribution in [0.2, 0.25) is 5.02 Å². The van der Waals surface area contributed by atoms with Crippen molar-refractivity contribution in [2.75, 3.05) is 23.8 Å². The molecule has 0 spiro atoms. The fourth-order valence-electron chi connectivity index (χ4n) is 1.78. The maximum Gasteiger partial charge on any atom is 0.325 e. The first-order valence-electron chi connectivity index (χ1n) is 7.78. The summed E-state index contributed by atoms with van der Waals surface area (Å²) in [6.45, 7) is 6.70. The fourth-order valence-corrected chi connectivity index (χ4v) is 1.96. The summed E-state index contributed by atoms with van der Waals surface area (Å²) in [7, 11) is 0. The number of aryl methyl sites for hydroxylation is 1. The Morgan fingerprint density at radius 1 is 1.28 bits per heavy atom. The van der Waals surface area contributed by atoms with Gasteiger partial charge in [0.05, 0.1) is 30.4 Å². The Hall–Kier alpha value is -2.38. The predicted molar refractivity (Wildman–Crippen MR) is 99.2 cm³/mol. The molecule has 1 aromatic carbocycles. The molecular formula is C17H22ClN5O2. The lowest BCUT2D eigenvalue weighted by Crippen LogP contribution is -2.30. The first kappa shape index (κ1) is 19.0.